The predicted molar refractivity (Wildman–Crippen MR) is 79.6 cm³/mol. The molecule has 0 bridgehead atoms. The van der Waals surface area contributed by atoms with Gasteiger partial charge in [0.15, 0.2) is 6.20 Å². The maximum atomic E-state index is 6.54. The predicted octanol–water partition coefficient (Wildman–Crippen LogP) is 4.39. The molecule has 0 radical (unpaired) electrons. The number of pyridine rings is 2. The summed E-state index contributed by atoms with van der Waals surface area (Å²) >= 11 is 6.54. The van der Waals surface area contributed by atoms with Crippen molar-refractivity contribution >= 4 is 38.7 Å². The van der Waals surface area contributed by atoms with Crippen LogP contribution in [-0.2, 0) is 0 Å². The maximum absolute atomic E-state index is 6.54. The smallest absolute Gasteiger partial charge is 0.149 e. The Morgan fingerprint density at radius 3 is 2.26 bits per heavy atom. The first kappa shape index (κ1) is 10.8. The molecule has 2 heterocycles. The highest BCUT2D eigenvalue weighted by atomic mass is 35.5. The molecule has 4 rings (SSSR count). The molecule has 0 aliphatic rings. The highest BCUT2D eigenvalue weighted by Crippen LogP contribution is 2.25. The van der Waals surface area contributed by atoms with Crippen LogP contribution in [0.3, 0.4) is 0 Å². The SMILES string of the molecule is Clc1c2ccccc2cc2c3ccccc3cc[n+]12. The van der Waals surface area contributed by atoms with E-state index in [4.69, 9.17) is 11.6 Å². The molecule has 0 unspecified atom stereocenters. The van der Waals surface area contributed by atoms with E-state index in [1.165, 1.54) is 16.2 Å². The van der Waals surface area contributed by atoms with Gasteiger partial charge in [-0.05, 0) is 34.5 Å². The Kier molecular flexibility index (Phi) is 2.23. The van der Waals surface area contributed by atoms with E-state index in [1.807, 2.05) is 22.7 Å². The summed E-state index contributed by atoms with van der Waals surface area (Å²) in [5.74, 6) is 0. The van der Waals surface area contributed by atoms with E-state index >= 15 is 0 Å². The Morgan fingerprint density at radius 2 is 1.42 bits per heavy atom. The van der Waals surface area contributed by atoms with Crippen LogP contribution in [-0.4, -0.2) is 0 Å². The summed E-state index contributed by atoms with van der Waals surface area (Å²) in [6.45, 7) is 0. The van der Waals surface area contributed by atoms with E-state index < -0.39 is 0 Å². The number of nitrogens with zero attached hydrogens (tertiary/aromatic N) is 1. The van der Waals surface area contributed by atoms with Gasteiger partial charge in [0, 0.05) is 12.1 Å². The molecule has 1 nitrogen and oxygen atoms in total. The molecule has 4 aromatic rings. The summed E-state index contributed by atoms with van der Waals surface area (Å²) in [4.78, 5) is 0. The zero-order valence-corrected chi connectivity index (χ0v) is 10.9. The second kappa shape index (κ2) is 3.94. The van der Waals surface area contributed by atoms with Gasteiger partial charge in [-0.2, -0.15) is 0 Å². The zero-order valence-electron chi connectivity index (χ0n) is 10.2. The summed E-state index contributed by atoms with van der Waals surface area (Å²) in [6, 6.07) is 20.9. The van der Waals surface area contributed by atoms with Crippen molar-refractivity contribution in [3.05, 3.63) is 72.0 Å². The molecule has 0 aliphatic carbocycles. The Labute approximate surface area is 115 Å². The molecule has 0 spiro atoms. The molecule has 0 atom stereocenters. The summed E-state index contributed by atoms with van der Waals surface area (Å²) in [6.07, 6.45) is 2.03. The number of fused-ring (bicyclic) bond motifs is 4. The zero-order chi connectivity index (χ0) is 12.8. The summed E-state index contributed by atoms with van der Waals surface area (Å²) in [7, 11) is 0. The van der Waals surface area contributed by atoms with Crippen LogP contribution < -0.4 is 4.40 Å². The van der Waals surface area contributed by atoms with Crippen LogP contribution >= 0.6 is 11.6 Å². The third-order valence-corrected chi connectivity index (χ3v) is 3.97. The van der Waals surface area contributed by atoms with Gasteiger partial charge < -0.3 is 0 Å². The fraction of sp³-hybridized carbons (Fsp3) is 0. The summed E-state index contributed by atoms with van der Waals surface area (Å²) in [5, 5.41) is 5.46. The van der Waals surface area contributed by atoms with E-state index in [0.29, 0.717) is 0 Å². The molecule has 0 saturated carbocycles. The van der Waals surface area contributed by atoms with Gasteiger partial charge in [-0.15, -0.1) is 4.40 Å². The monoisotopic (exact) mass is 264 g/mol. The van der Waals surface area contributed by atoms with Crippen LogP contribution in [0.15, 0.2) is 66.9 Å². The fourth-order valence-corrected chi connectivity index (χ4v) is 2.97. The van der Waals surface area contributed by atoms with Crippen LogP contribution in [0, 0.1) is 0 Å². The first-order valence-corrected chi connectivity index (χ1v) is 6.63. The Morgan fingerprint density at radius 1 is 0.737 bits per heavy atom. The average Bonchev–Trinajstić information content (AvgIpc) is 2.47. The highest BCUT2D eigenvalue weighted by molar-refractivity contribution is 6.33. The Balaban J connectivity index is 2.32. The average molecular weight is 265 g/mol. The van der Waals surface area contributed by atoms with Crippen LogP contribution in [0.5, 0.6) is 0 Å². The lowest BCUT2D eigenvalue weighted by Gasteiger charge is -2.02. The molecular weight excluding hydrogens is 254 g/mol. The van der Waals surface area contributed by atoms with Crippen LogP contribution in [0.25, 0.3) is 27.1 Å². The Hall–Kier alpha value is -2.12. The van der Waals surface area contributed by atoms with Gasteiger partial charge in [0.05, 0.1) is 10.8 Å². The van der Waals surface area contributed by atoms with Crippen molar-refractivity contribution in [2.45, 2.75) is 0 Å². The number of benzene rings is 2. The van der Waals surface area contributed by atoms with Crippen molar-refractivity contribution in [3.63, 3.8) is 0 Å². The lowest BCUT2D eigenvalue weighted by atomic mass is 10.1. The number of rotatable bonds is 0. The van der Waals surface area contributed by atoms with Crippen molar-refractivity contribution in [3.8, 4) is 0 Å². The molecule has 2 aromatic heterocycles. The van der Waals surface area contributed by atoms with Crippen molar-refractivity contribution in [2.24, 2.45) is 0 Å². The van der Waals surface area contributed by atoms with Crippen LogP contribution in [0.4, 0.5) is 0 Å². The molecule has 90 valence electrons. The number of hydrogen-bond donors (Lipinski definition) is 0. The topological polar surface area (TPSA) is 4.10 Å². The quantitative estimate of drug-likeness (QED) is 0.192. The lowest BCUT2D eigenvalue weighted by Crippen LogP contribution is -2.23. The molecule has 0 fully saturated rings. The van der Waals surface area contributed by atoms with Gasteiger partial charge in [0.25, 0.3) is 5.15 Å². The molecular formula is C17H11ClN+. The minimum Gasteiger partial charge on any atom is -0.149 e. The largest absolute Gasteiger partial charge is 0.288 e. The van der Waals surface area contributed by atoms with E-state index in [0.717, 1.165) is 16.1 Å². The standard InChI is InChI=1S/C17H11ClN/c18-17-15-8-4-2-6-13(15)11-16-14-7-3-1-5-12(14)9-10-19(16)17/h1-11H/q+1. The molecule has 2 aromatic carbocycles. The van der Waals surface area contributed by atoms with E-state index in [1.54, 1.807) is 0 Å². The van der Waals surface area contributed by atoms with Crippen LogP contribution in [0.2, 0.25) is 5.15 Å². The van der Waals surface area contributed by atoms with Crippen molar-refractivity contribution < 1.29 is 4.40 Å². The molecule has 0 aliphatic heterocycles. The van der Waals surface area contributed by atoms with E-state index in [9.17, 15) is 0 Å². The molecule has 2 heteroatoms. The second-order valence-electron chi connectivity index (χ2n) is 4.68. The minimum atomic E-state index is 0.763. The van der Waals surface area contributed by atoms with Crippen LogP contribution in [0.1, 0.15) is 0 Å². The van der Waals surface area contributed by atoms with Gasteiger partial charge >= 0.3 is 0 Å². The first-order chi connectivity index (χ1) is 9.34. The molecule has 0 amide bonds. The number of aromatic nitrogens is 1. The lowest BCUT2D eigenvalue weighted by molar-refractivity contribution is -0.506. The Bertz CT molecular complexity index is 928. The van der Waals surface area contributed by atoms with Gasteiger partial charge in [-0.1, -0.05) is 36.4 Å². The van der Waals surface area contributed by atoms with Crippen molar-refractivity contribution in [1.82, 2.24) is 0 Å². The van der Waals surface area contributed by atoms with Gasteiger partial charge in [-0.3, -0.25) is 0 Å². The van der Waals surface area contributed by atoms with Crippen molar-refractivity contribution in [2.75, 3.05) is 0 Å². The number of hydrogen-bond acceptors (Lipinski definition) is 0. The number of halogens is 1. The normalized spacial score (nSPS) is 11.4. The third kappa shape index (κ3) is 1.52. The third-order valence-electron chi connectivity index (χ3n) is 3.59. The minimum absolute atomic E-state index is 0.763. The van der Waals surface area contributed by atoms with E-state index in [-0.39, 0.29) is 0 Å². The maximum Gasteiger partial charge on any atom is 0.288 e. The van der Waals surface area contributed by atoms with Gasteiger partial charge in [0.2, 0.25) is 5.52 Å². The fourth-order valence-electron chi connectivity index (χ4n) is 2.65. The summed E-state index contributed by atoms with van der Waals surface area (Å²) in [5.41, 5.74) is 1.14. The summed E-state index contributed by atoms with van der Waals surface area (Å²) < 4.78 is 2.05. The van der Waals surface area contributed by atoms with Crippen molar-refractivity contribution in [1.29, 1.82) is 0 Å². The van der Waals surface area contributed by atoms with E-state index in [2.05, 4.69) is 48.5 Å². The molecule has 0 saturated heterocycles. The second-order valence-corrected chi connectivity index (χ2v) is 5.04. The van der Waals surface area contributed by atoms with Gasteiger partial charge in [0.1, 0.15) is 0 Å². The van der Waals surface area contributed by atoms with Gasteiger partial charge in [-0.25, -0.2) is 0 Å². The highest BCUT2D eigenvalue weighted by Gasteiger charge is 2.15. The molecule has 0 N–H and O–H groups in total. The molecule has 19 heavy (non-hydrogen) atoms. The first-order valence-electron chi connectivity index (χ1n) is 6.25.